The fourth-order valence-electron chi connectivity index (χ4n) is 3.89. The van der Waals surface area contributed by atoms with Gasteiger partial charge in [0.1, 0.15) is 23.4 Å². The average Bonchev–Trinajstić information content (AvgIpc) is 2.87. The van der Waals surface area contributed by atoms with Gasteiger partial charge in [-0.15, -0.1) is 0 Å². The van der Waals surface area contributed by atoms with Crippen molar-refractivity contribution in [1.29, 1.82) is 5.26 Å². The number of carboxylic acids is 1. The molecule has 2 aromatic heterocycles. The van der Waals surface area contributed by atoms with Gasteiger partial charge in [0.2, 0.25) is 0 Å². The number of rotatable bonds is 8. The molecule has 0 aliphatic rings. The van der Waals surface area contributed by atoms with Crippen molar-refractivity contribution in [2.24, 2.45) is 0 Å². The lowest BCUT2D eigenvalue weighted by Crippen LogP contribution is -2.29. The maximum Gasteiger partial charge on any atom is 0.326 e. The monoisotopic (exact) mass is 452 g/mol. The van der Waals surface area contributed by atoms with Gasteiger partial charge in [-0.3, -0.25) is 4.98 Å². The Hall–Kier alpha value is -4.44. The predicted molar refractivity (Wildman–Crippen MR) is 132 cm³/mol. The van der Waals surface area contributed by atoms with E-state index in [0.29, 0.717) is 40.9 Å². The van der Waals surface area contributed by atoms with E-state index in [2.05, 4.69) is 16.4 Å². The zero-order valence-corrected chi connectivity index (χ0v) is 18.9. The van der Waals surface area contributed by atoms with Gasteiger partial charge in [-0.1, -0.05) is 49.4 Å². The standard InChI is InChI=1S/C27H24N4O3/c1-3-22(27(32)33)30-26-20-13-14-29-16-23(20)31-25(21(26)15-28)18-11-9-17(10-12-18)19-7-5-6-8-24(19)34-4-2/h5-14,16,22H,3-4H2,1-2H3,(H,30,31)(H,32,33)/t22-/m1/s1. The number of pyridine rings is 2. The van der Waals surface area contributed by atoms with Crippen LogP contribution in [0.3, 0.4) is 0 Å². The highest BCUT2D eigenvalue weighted by atomic mass is 16.5. The number of para-hydroxylation sites is 1. The molecule has 0 saturated carbocycles. The van der Waals surface area contributed by atoms with Gasteiger partial charge in [0, 0.05) is 22.7 Å². The quantitative estimate of drug-likeness (QED) is 0.363. The maximum absolute atomic E-state index is 11.7. The summed E-state index contributed by atoms with van der Waals surface area (Å²) in [4.78, 5) is 20.6. The van der Waals surface area contributed by atoms with Crippen LogP contribution >= 0.6 is 0 Å². The Morgan fingerprint density at radius 2 is 1.85 bits per heavy atom. The third-order valence-corrected chi connectivity index (χ3v) is 5.58. The molecule has 0 aliphatic heterocycles. The second kappa shape index (κ2) is 10.0. The highest BCUT2D eigenvalue weighted by Gasteiger charge is 2.22. The zero-order valence-electron chi connectivity index (χ0n) is 18.9. The first kappa shape index (κ1) is 22.7. The molecule has 0 unspecified atom stereocenters. The van der Waals surface area contributed by atoms with Crippen LogP contribution in [-0.2, 0) is 4.79 Å². The van der Waals surface area contributed by atoms with Crippen LogP contribution in [0.1, 0.15) is 25.8 Å². The van der Waals surface area contributed by atoms with E-state index >= 15 is 0 Å². The van der Waals surface area contributed by atoms with Crippen LogP contribution in [-0.4, -0.2) is 33.7 Å². The van der Waals surface area contributed by atoms with Gasteiger partial charge in [0.05, 0.1) is 29.7 Å². The summed E-state index contributed by atoms with van der Waals surface area (Å²) in [7, 11) is 0. The van der Waals surface area contributed by atoms with Crippen LogP contribution in [0, 0.1) is 11.3 Å². The van der Waals surface area contributed by atoms with Crippen molar-refractivity contribution >= 4 is 22.6 Å². The van der Waals surface area contributed by atoms with Gasteiger partial charge in [0.15, 0.2) is 0 Å². The number of carboxylic acid groups (broad SMARTS) is 1. The number of nitrogens with one attached hydrogen (secondary N) is 1. The van der Waals surface area contributed by atoms with E-state index < -0.39 is 12.0 Å². The Morgan fingerprint density at radius 1 is 1.12 bits per heavy atom. The van der Waals surface area contributed by atoms with Crippen molar-refractivity contribution in [2.75, 3.05) is 11.9 Å². The first-order valence-electron chi connectivity index (χ1n) is 11.1. The summed E-state index contributed by atoms with van der Waals surface area (Å²) in [5.41, 5.74) is 4.48. The minimum atomic E-state index is -0.982. The van der Waals surface area contributed by atoms with Gasteiger partial charge >= 0.3 is 5.97 Å². The lowest BCUT2D eigenvalue weighted by Gasteiger charge is -2.19. The number of benzene rings is 2. The second-order valence-electron chi connectivity index (χ2n) is 7.66. The molecule has 34 heavy (non-hydrogen) atoms. The number of nitrogens with zero attached hydrogens (tertiary/aromatic N) is 3. The first-order valence-corrected chi connectivity index (χ1v) is 11.1. The number of anilines is 1. The largest absolute Gasteiger partial charge is 0.493 e. The molecule has 4 aromatic rings. The van der Waals surface area contributed by atoms with E-state index in [0.717, 1.165) is 22.4 Å². The number of hydrogen-bond donors (Lipinski definition) is 2. The molecule has 0 radical (unpaired) electrons. The highest BCUT2D eigenvalue weighted by molar-refractivity contribution is 5.99. The third kappa shape index (κ3) is 4.39. The summed E-state index contributed by atoms with van der Waals surface area (Å²) in [5, 5.41) is 23.3. The number of ether oxygens (including phenoxy) is 1. The van der Waals surface area contributed by atoms with Crippen LogP contribution in [0.5, 0.6) is 5.75 Å². The minimum Gasteiger partial charge on any atom is -0.493 e. The molecule has 0 spiro atoms. The van der Waals surface area contributed by atoms with E-state index in [1.54, 1.807) is 25.4 Å². The van der Waals surface area contributed by atoms with Crippen molar-refractivity contribution < 1.29 is 14.6 Å². The first-order chi connectivity index (χ1) is 16.6. The van der Waals surface area contributed by atoms with Crippen molar-refractivity contribution in [2.45, 2.75) is 26.3 Å². The van der Waals surface area contributed by atoms with Crippen molar-refractivity contribution in [3.05, 3.63) is 72.6 Å². The molecule has 2 N–H and O–H groups in total. The molecule has 1 atom stereocenters. The van der Waals surface area contributed by atoms with Gasteiger partial charge in [-0.2, -0.15) is 5.26 Å². The Kier molecular flexibility index (Phi) is 6.69. The molecule has 2 heterocycles. The van der Waals surface area contributed by atoms with E-state index in [1.165, 1.54) is 0 Å². The van der Waals surface area contributed by atoms with E-state index in [-0.39, 0.29) is 0 Å². The molecule has 170 valence electrons. The fraction of sp³-hybridized carbons (Fsp3) is 0.185. The third-order valence-electron chi connectivity index (χ3n) is 5.58. The molecule has 0 amide bonds. The Morgan fingerprint density at radius 3 is 2.53 bits per heavy atom. The molecule has 0 saturated heterocycles. The summed E-state index contributed by atoms with van der Waals surface area (Å²) in [6, 6.07) is 18.7. The molecule has 2 aromatic carbocycles. The summed E-state index contributed by atoms with van der Waals surface area (Å²) in [5.74, 6) is -0.180. The van der Waals surface area contributed by atoms with Crippen LogP contribution < -0.4 is 10.1 Å². The lowest BCUT2D eigenvalue weighted by atomic mass is 9.98. The van der Waals surface area contributed by atoms with Crippen LogP contribution in [0.4, 0.5) is 5.69 Å². The maximum atomic E-state index is 11.7. The summed E-state index contributed by atoms with van der Waals surface area (Å²) in [6.45, 7) is 4.30. The molecular formula is C27H24N4O3. The molecule has 7 heteroatoms. The van der Waals surface area contributed by atoms with E-state index in [1.807, 2.05) is 55.5 Å². The van der Waals surface area contributed by atoms with Gasteiger partial charge in [-0.25, -0.2) is 9.78 Å². The Bertz CT molecular complexity index is 1380. The zero-order chi connectivity index (χ0) is 24.1. The SMILES string of the molecule is CCOc1ccccc1-c1ccc(-c2nc3cnccc3c(N[C@H](CC)C(=O)O)c2C#N)cc1. The van der Waals surface area contributed by atoms with Crippen LogP contribution in [0.2, 0.25) is 0 Å². The van der Waals surface area contributed by atoms with Crippen LogP contribution in [0.15, 0.2) is 67.0 Å². The molecule has 0 bridgehead atoms. The average molecular weight is 453 g/mol. The number of hydrogen-bond acceptors (Lipinski definition) is 6. The Labute approximate surface area is 197 Å². The fourth-order valence-corrected chi connectivity index (χ4v) is 3.89. The van der Waals surface area contributed by atoms with Crippen molar-refractivity contribution in [1.82, 2.24) is 9.97 Å². The summed E-state index contributed by atoms with van der Waals surface area (Å²) < 4.78 is 5.76. The molecule has 4 rings (SSSR count). The smallest absolute Gasteiger partial charge is 0.326 e. The molecule has 7 nitrogen and oxygen atoms in total. The Balaban J connectivity index is 1.84. The summed E-state index contributed by atoms with van der Waals surface area (Å²) in [6.07, 6.45) is 3.57. The number of nitriles is 1. The van der Waals surface area contributed by atoms with Crippen LogP contribution in [0.25, 0.3) is 33.3 Å². The number of aromatic nitrogens is 2. The molecule has 0 aliphatic carbocycles. The van der Waals surface area contributed by atoms with E-state index in [9.17, 15) is 15.2 Å². The normalized spacial score (nSPS) is 11.6. The number of aliphatic carboxylic acids is 1. The van der Waals surface area contributed by atoms with Gasteiger partial charge < -0.3 is 15.2 Å². The van der Waals surface area contributed by atoms with Gasteiger partial charge in [0.25, 0.3) is 0 Å². The minimum absolute atomic E-state index is 0.292. The van der Waals surface area contributed by atoms with Crippen molar-refractivity contribution in [3.63, 3.8) is 0 Å². The topological polar surface area (TPSA) is 108 Å². The summed E-state index contributed by atoms with van der Waals surface area (Å²) >= 11 is 0. The predicted octanol–water partition coefficient (Wildman–Crippen LogP) is 5.51. The molecule has 0 fully saturated rings. The highest BCUT2D eigenvalue weighted by Crippen LogP contribution is 2.36. The number of carbonyl (C=O) groups is 1. The van der Waals surface area contributed by atoms with Gasteiger partial charge in [-0.05, 0) is 31.0 Å². The number of fused-ring (bicyclic) bond motifs is 1. The van der Waals surface area contributed by atoms with Crippen molar-refractivity contribution in [3.8, 4) is 34.2 Å². The van der Waals surface area contributed by atoms with E-state index in [4.69, 9.17) is 9.72 Å². The lowest BCUT2D eigenvalue weighted by molar-refractivity contribution is -0.137. The molecular weight excluding hydrogens is 428 g/mol. The second-order valence-corrected chi connectivity index (χ2v) is 7.66.